The quantitative estimate of drug-likeness (QED) is 0.570. The van der Waals surface area contributed by atoms with Crippen LogP contribution in [0.3, 0.4) is 0 Å². The predicted octanol–water partition coefficient (Wildman–Crippen LogP) is 4.24. The zero-order valence-electron chi connectivity index (χ0n) is 12.0. The second-order valence-corrected chi connectivity index (χ2v) is 4.19. The number of nitrogens with zero attached hydrogens (tertiary/aromatic N) is 1. The van der Waals surface area contributed by atoms with Gasteiger partial charge in [0.05, 0.1) is 0 Å². The maximum absolute atomic E-state index is 10.7. The van der Waals surface area contributed by atoms with E-state index in [4.69, 9.17) is 0 Å². The van der Waals surface area contributed by atoms with Gasteiger partial charge in [-0.3, -0.25) is 4.79 Å². The van der Waals surface area contributed by atoms with Crippen LogP contribution in [0.2, 0.25) is 0 Å². The number of amides is 1. The van der Waals surface area contributed by atoms with Gasteiger partial charge in [-0.15, -0.1) is 0 Å². The van der Waals surface area contributed by atoms with Crippen molar-refractivity contribution in [3.8, 4) is 0 Å². The van der Waals surface area contributed by atoms with Crippen molar-refractivity contribution in [2.45, 2.75) is 79.2 Å². The van der Waals surface area contributed by atoms with Gasteiger partial charge in [0, 0.05) is 12.6 Å². The first-order valence-electron chi connectivity index (χ1n) is 6.92. The molecule has 0 aromatic carbocycles. The fraction of sp³-hybridized carbons (Fsp3) is 0.929. The Hall–Kier alpha value is -0.530. The van der Waals surface area contributed by atoms with Crippen molar-refractivity contribution < 1.29 is 4.79 Å². The van der Waals surface area contributed by atoms with Crippen LogP contribution in [0.15, 0.2) is 0 Å². The largest absolute Gasteiger partial charge is 0.342 e. The van der Waals surface area contributed by atoms with Crippen molar-refractivity contribution in [3.05, 3.63) is 0 Å². The smallest absolute Gasteiger partial charge is 0.209 e. The topological polar surface area (TPSA) is 20.3 Å². The highest BCUT2D eigenvalue weighted by Gasteiger charge is 2.11. The molecular formula is C14H31NO. The van der Waals surface area contributed by atoms with Gasteiger partial charge in [-0.2, -0.15) is 0 Å². The number of unbranched alkanes of at least 4 members (excludes halogenated alkanes) is 1. The summed E-state index contributed by atoms with van der Waals surface area (Å²) in [6.45, 7) is 11.7. The minimum atomic E-state index is 0.465. The first kappa shape index (κ1) is 17.9. The summed E-state index contributed by atoms with van der Waals surface area (Å²) in [4.78, 5) is 12.6. The molecule has 0 bridgehead atoms. The first-order chi connectivity index (χ1) is 7.71. The average molecular weight is 229 g/mol. The van der Waals surface area contributed by atoms with Crippen molar-refractivity contribution in [2.24, 2.45) is 0 Å². The Bertz CT molecular complexity index is 135. The molecule has 1 amide bonds. The maximum Gasteiger partial charge on any atom is 0.209 e. The monoisotopic (exact) mass is 229 g/mol. The molecule has 98 valence electrons. The van der Waals surface area contributed by atoms with Crippen LogP contribution in [0.1, 0.15) is 73.1 Å². The zero-order chi connectivity index (χ0) is 12.8. The summed E-state index contributed by atoms with van der Waals surface area (Å²) >= 11 is 0. The zero-order valence-corrected chi connectivity index (χ0v) is 12.0. The van der Waals surface area contributed by atoms with Crippen LogP contribution in [0, 0.1) is 0 Å². The predicted molar refractivity (Wildman–Crippen MR) is 72.6 cm³/mol. The Morgan fingerprint density at radius 3 is 1.75 bits per heavy atom. The molecule has 1 atom stereocenters. The number of carbonyl (C=O) groups is 1. The standard InChI is InChI=1S/C10H21NO.C4H10/c1-4-7-10(6-3)11(9-12)8-5-2;1-3-4-2/h9-10H,4-8H2,1-3H3;3-4H2,1-2H3. The number of hydrogen-bond donors (Lipinski definition) is 0. The van der Waals surface area contributed by atoms with Gasteiger partial charge in [-0.25, -0.2) is 0 Å². The number of carbonyl (C=O) groups excluding carboxylic acids is 1. The van der Waals surface area contributed by atoms with E-state index in [-0.39, 0.29) is 0 Å². The Labute approximate surface area is 102 Å². The second-order valence-electron chi connectivity index (χ2n) is 4.19. The molecule has 0 saturated carbocycles. The molecule has 0 heterocycles. The third-order valence-corrected chi connectivity index (χ3v) is 2.68. The van der Waals surface area contributed by atoms with Gasteiger partial charge in [-0.1, -0.05) is 53.9 Å². The molecule has 0 aromatic heterocycles. The van der Waals surface area contributed by atoms with Crippen LogP contribution in [0.5, 0.6) is 0 Å². The van der Waals surface area contributed by atoms with E-state index >= 15 is 0 Å². The molecule has 0 rings (SSSR count). The molecule has 0 aromatic rings. The van der Waals surface area contributed by atoms with Gasteiger partial charge in [0.1, 0.15) is 0 Å². The lowest BCUT2D eigenvalue weighted by Crippen LogP contribution is -2.34. The van der Waals surface area contributed by atoms with E-state index in [2.05, 4.69) is 34.6 Å². The van der Waals surface area contributed by atoms with Gasteiger partial charge in [0.25, 0.3) is 0 Å². The highest BCUT2D eigenvalue weighted by molar-refractivity contribution is 5.47. The van der Waals surface area contributed by atoms with Gasteiger partial charge in [0.2, 0.25) is 6.41 Å². The minimum absolute atomic E-state index is 0.465. The lowest BCUT2D eigenvalue weighted by atomic mass is 10.1. The summed E-state index contributed by atoms with van der Waals surface area (Å²) in [5.41, 5.74) is 0. The van der Waals surface area contributed by atoms with E-state index in [1.54, 1.807) is 0 Å². The molecule has 0 saturated heterocycles. The highest BCUT2D eigenvalue weighted by atomic mass is 16.1. The van der Waals surface area contributed by atoms with Gasteiger partial charge in [0.15, 0.2) is 0 Å². The van der Waals surface area contributed by atoms with E-state index in [0.717, 1.165) is 38.6 Å². The molecule has 0 N–H and O–H groups in total. The Kier molecular flexibility index (Phi) is 16.1. The van der Waals surface area contributed by atoms with Crippen molar-refractivity contribution in [2.75, 3.05) is 6.54 Å². The molecular weight excluding hydrogens is 198 g/mol. The average Bonchev–Trinajstić information content (AvgIpc) is 2.33. The second kappa shape index (κ2) is 14.5. The first-order valence-corrected chi connectivity index (χ1v) is 6.92. The molecule has 16 heavy (non-hydrogen) atoms. The molecule has 0 radical (unpaired) electrons. The van der Waals surface area contributed by atoms with E-state index in [1.165, 1.54) is 12.8 Å². The lowest BCUT2D eigenvalue weighted by molar-refractivity contribution is -0.120. The molecule has 0 spiro atoms. The van der Waals surface area contributed by atoms with E-state index in [9.17, 15) is 4.79 Å². The third kappa shape index (κ3) is 10.0. The highest BCUT2D eigenvalue weighted by Crippen LogP contribution is 2.09. The van der Waals surface area contributed by atoms with Gasteiger partial charge < -0.3 is 4.90 Å². The molecule has 1 unspecified atom stereocenters. The summed E-state index contributed by atoms with van der Waals surface area (Å²) in [5, 5.41) is 0. The van der Waals surface area contributed by atoms with Crippen LogP contribution < -0.4 is 0 Å². The third-order valence-electron chi connectivity index (χ3n) is 2.68. The molecule has 0 aliphatic heterocycles. The van der Waals surface area contributed by atoms with E-state index in [0.29, 0.717) is 6.04 Å². The summed E-state index contributed by atoms with van der Waals surface area (Å²) < 4.78 is 0. The van der Waals surface area contributed by atoms with Crippen molar-refractivity contribution >= 4 is 6.41 Å². The van der Waals surface area contributed by atoms with Crippen LogP contribution in [0.4, 0.5) is 0 Å². The number of hydrogen-bond acceptors (Lipinski definition) is 1. The van der Waals surface area contributed by atoms with Gasteiger partial charge >= 0.3 is 0 Å². The molecule has 0 fully saturated rings. The molecule has 2 heteroatoms. The van der Waals surface area contributed by atoms with E-state index < -0.39 is 0 Å². The van der Waals surface area contributed by atoms with Crippen LogP contribution in [-0.2, 0) is 4.79 Å². The normalized spacial score (nSPS) is 11.3. The number of rotatable bonds is 8. The molecule has 0 aliphatic rings. The summed E-state index contributed by atoms with van der Waals surface area (Å²) in [7, 11) is 0. The van der Waals surface area contributed by atoms with Gasteiger partial charge in [-0.05, 0) is 19.3 Å². The van der Waals surface area contributed by atoms with Crippen molar-refractivity contribution in [3.63, 3.8) is 0 Å². The minimum Gasteiger partial charge on any atom is -0.342 e. The fourth-order valence-electron chi connectivity index (χ4n) is 1.52. The summed E-state index contributed by atoms with van der Waals surface area (Å²) in [5.74, 6) is 0. The van der Waals surface area contributed by atoms with Crippen LogP contribution in [-0.4, -0.2) is 23.9 Å². The van der Waals surface area contributed by atoms with Crippen LogP contribution >= 0.6 is 0 Å². The van der Waals surface area contributed by atoms with Crippen LogP contribution in [0.25, 0.3) is 0 Å². The Balaban J connectivity index is 0. The Morgan fingerprint density at radius 2 is 1.50 bits per heavy atom. The van der Waals surface area contributed by atoms with Crippen molar-refractivity contribution in [1.29, 1.82) is 0 Å². The fourth-order valence-corrected chi connectivity index (χ4v) is 1.52. The summed E-state index contributed by atoms with van der Waals surface area (Å²) in [6.07, 6.45) is 8.06. The maximum atomic E-state index is 10.7. The SMILES string of the molecule is CCCC.CCCC(CC)N(C=O)CCC. The van der Waals surface area contributed by atoms with Crippen molar-refractivity contribution in [1.82, 2.24) is 4.90 Å². The summed E-state index contributed by atoms with van der Waals surface area (Å²) in [6, 6.07) is 0.465. The van der Waals surface area contributed by atoms with E-state index in [1.807, 2.05) is 4.90 Å². The molecule has 2 nitrogen and oxygen atoms in total. The Morgan fingerprint density at radius 1 is 0.938 bits per heavy atom. The lowest BCUT2D eigenvalue weighted by Gasteiger charge is -2.26. The molecule has 0 aliphatic carbocycles.